The molecule has 2 N–H and O–H groups in total. The molecule has 0 rings (SSSR count). The third-order valence-electron chi connectivity index (χ3n) is 8.63. The lowest BCUT2D eigenvalue weighted by Gasteiger charge is -2.18. The Morgan fingerprint density at radius 2 is 0.941 bits per heavy atom. The Kier molecular flexibility index (Phi) is 36.3. The zero-order valence-electron chi connectivity index (χ0n) is 32.5. The Morgan fingerprint density at radius 3 is 1.37 bits per heavy atom. The largest absolute Gasteiger partial charge is 0.469 e. The standard InChI is InChI=1S/C42H75O8P/c1-3-5-7-9-11-13-15-17-18-19-20-21-22-23-25-26-28-30-32-34-36-41(43)48-38-40(39-49-51(45,46)47)50-42(44)37-35-33-31-29-27-24-16-14-12-10-8-6-4-2/h6,8,12,14,24,27,31,33,40H,3-5,7,9-11,13,15-23,25-26,28-30,32,34-39H2,1-2H3,(H2,45,46,47)/b8-6-,14-12-,27-24-,33-31-. The van der Waals surface area contributed by atoms with Crippen molar-refractivity contribution >= 4 is 19.8 Å². The first-order chi connectivity index (χ1) is 24.8. The van der Waals surface area contributed by atoms with Crippen LogP contribution in [0, 0.1) is 0 Å². The molecule has 9 heteroatoms. The lowest BCUT2D eigenvalue weighted by molar-refractivity contribution is -0.161. The van der Waals surface area contributed by atoms with E-state index in [4.69, 9.17) is 19.3 Å². The van der Waals surface area contributed by atoms with E-state index in [1.165, 1.54) is 109 Å². The van der Waals surface area contributed by atoms with Crippen LogP contribution >= 0.6 is 7.82 Å². The van der Waals surface area contributed by atoms with Crippen LogP contribution in [0.3, 0.4) is 0 Å². The number of hydrogen-bond donors (Lipinski definition) is 2. The van der Waals surface area contributed by atoms with Gasteiger partial charge in [0.05, 0.1) is 6.61 Å². The molecule has 0 amide bonds. The van der Waals surface area contributed by atoms with Crippen molar-refractivity contribution in [2.45, 2.75) is 193 Å². The summed E-state index contributed by atoms with van der Waals surface area (Å²) in [7, 11) is -4.77. The second-order valence-corrected chi connectivity index (χ2v) is 14.8. The lowest BCUT2D eigenvalue weighted by atomic mass is 10.0. The summed E-state index contributed by atoms with van der Waals surface area (Å²) in [5.41, 5.74) is 0. The molecular formula is C42H75O8P. The average molecular weight is 739 g/mol. The minimum absolute atomic E-state index is 0.0913. The molecular weight excluding hydrogens is 663 g/mol. The SMILES string of the molecule is CC/C=C\C/C=C\C/C=C\C/C=C\CCC(=O)OC(COC(=O)CCCCCCCCCCCCCCCCCCCCCC)COP(=O)(O)O. The van der Waals surface area contributed by atoms with E-state index in [2.05, 4.69) is 54.8 Å². The molecule has 1 atom stereocenters. The highest BCUT2D eigenvalue weighted by Gasteiger charge is 2.22. The highest BCUT2D eigenvalue weighted by atomic mass is 31.2. The Morgan fingerprint density at radius 1 is 0.529 bits per heavy atom. The van der Waals surface area contributed by atoms with Crippen molar-refractivity contribution in [3.05, 3.63) is 48.6 Å². The van der Waals surface area contributed by atoms with Crippen molar-refractivity contribution in [1.29, 1.82) is 0 Å². The van der Waals surface area contributed by atoms with E-state index >= 15 is 0 Å². The fourth-order valence-electron chi connectivity index (χ4n) is 5.62. The fraction of sp³-hybridized carbons (Fsp3) is 0.762. The van der Waals surface area contributed by atoms with Gasteiger partial charge in [0, 0.05) is 12.8 Å². The molecule has 51 heavy (non-hydrogen) atoms. The van der Waals surface area contributed by atoms with Crippen molar-refractivity contribution in [2.75, 3.05) is 13.2 Å². The summed E-state index contributed by atoms with van der Waals surface area (Å²) < 4.78 is 26.3. The summed E-state index contributed by atoms with van der Waals surface area (Å²) in [6.45, 7) is 3.51. The Balaban J connectivity index is 3.93. The van der Waals surface area contributed by atoms with Gasteiger partial charge in [0.15, 0.2) is 6.10 Å². The molecule has 0 aliphatic carbocycles. The van der Waals surface area contributed by atoms with E-state index in [1.807, 2.05) is 12.2 Å². The van der Waals surface area contributed by atoms with Gasteiger partial charge in [-0.3, -0.25) is 14.1 Å². The molecule has 0 heterocycles. The van der Waals surface area contributed by atoms with Gasteiger partial charge >= 0.3 is 19.8 Å². The van der Waals surface area contributed by atoms with E-state index in [9.17, 15) is 14.2 Å². The highest BCUT2D eigenvalue weighted by Crippen LogP contribution is 2.36. The van der Waals surface area contributed by atoms with Gasteiger partial charge in [0.1, 0.15) is 6.61 Å². The molecule has 0 aromatic heterocycles. The number of carbonyl (C=O) groups is 2. The van der Waals surface area contributed by atoms with E-state index in [1.54, 1.807) is 0 Å². The monoisotopic (exact) mass is 739 g/mol. The number of allylic oxidation sites excluding steroid dienone is 8. The van der Waals surface area contributed by atoms with Gasteiger partial charge in [0.2, 0.25) is 0 Å². The number of hydrogen-bond acceptors (Lipinski definition) is 6. The van der Waals surface area contributed by atoms with E-state index in [-0.39, 0.29) is 19.4 Å². The van der Waals surface area contributed by atoms with Gasteiger partial charge in [-0.1, -0.05) is 184 Å². The van der Waals surface area contributed by atoms with Crippen molar-refractivity contribution in [1.82, 2.24) is 0 Å². The summed E-state index contributed by atoms with van der Waals surface area (Å²) >= 11 is 0. The molecule has 0 aliphatic rings. The first kappa shape index (κ1) is 49.0. The summed E-state index contributed by atoms with van der Waals surface area (Å²) in [6.07, 6.45) is 45.7. The summed E-state index contributed by atoms with van der Waals surface area (Å²) in [6, 6.07) is 0. The molecule has 0 saturated heterocycles. The zero-order valence-corrected chi connectivity index (χ0v) is 33.4. The first-order valence-electron chi connectivity index (χ1n) is 20.4. The average Bonchev–Trinajstić information content (AvgIpc) is 3.10. The fourth-order valence-corrected chi connectivity index (χ4v) is 5.98. The predicted molar refractivity (Wildman–Crippen MR) is 211 cm³/mol. The van der Waals surface area contributed by atoms with E-state index < -0.39 is 32.5 Å². The lowest BCUT2D eigenvalue weighted by Crippen LogP contribution is -2.29. The zero-order chi connectivity index (χ0) is 37.5. The van der Waals surface area contributed by atoms with Crippen LogP contribution in [0.25, 0.3) is 0 Å². The Hall–Kier alpha value is -1.99. The van der Waals surface area contributed by atoms with Crippen LogP contribution < -0.4 is 0 Å². The van der Waals surface area contributed by atoms with Crippen LogP contribution in [0.4, 0.5) is 0 Å². The maximum absolute atomic E-state index is 12.3. The van der Waals surface area contributed by atoms with Crippen molar-refractivity contribution < 1.29 is 37.9 Å². The molecule has 8 nitrogen and oxygen atoms in total. The van der Waals surface area contributed by atoms with Gasteiger partial charge in [0.25, 0.3) is 0 Å². The molecule has 296 valence electrons. The van der Waals surface area contributed by atoms with Crippen LogP contribution in [0.15, 0.2) is 48.6 Å². The number of unbranched alkanes of at least 4 members (excludes halogenated alkanes) is 19. The van der Waals surface area contributed by atoms with Gasteiger partial charge in [-0.25, -0.2) is 4.57 Å². The maximum Gasteiger partial charge on any atom is 0.469 e. The van der Waals surface area contributed by atoms with Gasteiger partial charge < -0.3 is 19.3 Å². The molecule has 0 fully saturated rings. The third-order valence-corrected chi connectivity index (χ3v) is 9.11. The topological polar surface area (TPSA) is 119 Å². The van der Waals surface area contributed by atoms with Crippen molar-refractivity contribution in [2.24, 2.45) is 0 Å². The molecule has 0 saturated carbocycles. The minimum Gasteiger partial charge on any atom is -0.462 e. The molecule has 0 spiro atoms. The molecule has 1 unspecified atom stereocenters. The maximum atomic E-state index is 12.3. The molecule has 0 aromatic rings. The summed E-state index contributed by atoms with van der Waals surface area (Å²) in [5, 5.41) is 0. The van der Waals surface area contributed by atoms with Gasteiger partial charge in [-0.15, -0.1) is 0 Å². The van der Waals surface area contributed by atoms with Gasteiger partial charge in [-0.05, 0) is 38.5 Å². The second kappa shape index (κ2) is 37.8. The van der Waals surface area contributed by atoms with Crippen LogP contribution in [-0.2, 0) is 28.2 Å². The molecule has 0 aromatic carbocycles. The smallest absolute Gasteiger partial charge is 0.462 e. The van der Waals surface area contributed by atoms with Crippen LogP contribution in [0.5, 0.6) is 0 Å². The van der Waals surface area contributed by atoms with Crippen molar-refractivity contribution in [3.63, 3.8) is 0 Å². The number of phosphoric acid groups is 1. The van der Waals surface area contributed by atoms with Crippen molar-refractivity contribution in [3.8, 4) is 0 Å². The van der Waals surface area contributed by atoms with Crippen LogP contribution in [-0.4, -0.2) is 41.0 Å². The molecule has 0 bridgehead atoms. The molecule has 0 aliphatic heterocycles. The number of carbonyl (C=O) groups excluding carboxylic acids is 2. The quantitative estimate of drug-likeness (QED) is 0.0280. The second-order valence-electron chi connectivity index (χ2n) is 13.6. The van der Waals surface area contributed by atoms with E-state index in [0.717, 1.165) is 44.9 Å². The first-order valence-corrected chi connectivity index (χ1v) is 22.0. The van der Waals surface area contributed by atoms with Crippen LogP contribution in [0.1, 0.15) is 187 Å². The highest BCUT2D eigenvalue weighted by molar-refractivity contribution is 7.46. The number of rotatable bonds is 37. The number of ether oxygens (including phenoxy) is 2. The Bertz CT molecular complexity index is 968. The number of esters is 2. The Labute approximate surface area is 312 Å². The van der Waals surface area contributed by atoms with Gasteiger partial charge in [-0.2, -0.15) is 0 Å². The predicted octanol–water partition coefficient (Wildman–Crippen LogP) is 12.3. The summed E-state index contributed by atoms with van der Waals surface area (Å²) in [5.74, 6) is -0.976. The summed E-state index contributed by atoms with van der Waals surface area (Å²) in [4.78, 5) is 42.7. The number of phosphoric ester groups is 1. The minimum atomic E-state index is -4.77. The normalized spacial score (nSPS) is 12.9. The van der Waals surface area contributed by atoms with Crippen LogP contribution in [0.2, 0.25) is 0 Å². The van der Waals surface area contributed by atoms with E-state index in [0.29, 0.717) is 6.42 Å². The third kappa shape index (κ3) is 40.6. The molecule has 0 radical (unpaired) electrons.